The first-order valence-electron chi connectivity index (χ1n) is 26.9. The van der Waals surface area contributed by atoms with Crippen LogP contribution >= 0.6 is 0 Å². The maximum atomic E-state index is 14.8. The molecule has 18 atom stereocenters. The van der Waals surface area contributed by atoms with Gasteiger partial charge in [-0.1, -0.05) is 39.0 Å². The molecule has 424 valence electrons. The Morgan fingerprint density at radius 2 is 1.68 bits per heavy atom. The van der Waals surface area contributed by atoms with E-state index in [0.717, 1.165) is 16.6 Å². The quantitative estimate of drug-likeness (QED) is 0.0732. The van der Waals surface area contributed by atoms with Crippen LogP contribution in [-0.4, -0.2) is 194 Å². The van der Waals surface area contributed by atoms with Gasteiger partial charge >= 0.3 is 25.3 Å². The predicted molar refractivity (Wildman–Crippen MR) is 274 cm³/mol. The van der Waals surface area contributed by atoms with Gasteiger partial charge in [-0.25, -0.2) is 9.59 Å². The number of likely N-dealkylation sites (N-methyl/N-ethyl adjacent to an activating group) is 2. The number of ether oxygens (including phenoxy) is 9. The molecule has 0 aromatic heterocycles. The lowest BCUT2D eigenvalue weighted by Crippen LogP contribution is -2.61. The molecule has 22 heteroatoms. The third-order valence-electron chi connectivity index (χ3n) is 16.4. The van der Waals surface area contributed by atoms with E-state index in [0.29, 0.717) is 39.0 Å². The summed E-state index contributed by atoms with van der Waals surface area (Å²) in [6.45, 7) is 19.3. The lowest BCUT2D eigenvalue weighted by molar-refractivity contribution is -0.317. The summed E-state index contributed by atoms with van der Waals surface area (Å²) in [4.78, 5) is 57.7. The second-order valence-electron chi connectivity index (χ2n) is 22.7. The van der Waals surface area contributed by atoms with Crippen LogP contribution < -0.4 is 16.1 Å². The number of fused-ring (bicyclic) bond motifs is 2. The van der Waals surface area contributed by atoms with E-state index in [9.17, 15) is 34.4 Å². The van der Waals surface area contributed by atoms with Crippen molar-refractivity contribution in [2.75, 3.05) is 47.9 Å². The number of alkyl carbamates (subject to hydrolysis) is 1. The molecular formula is C53H87BN4O17. The molecule has 4 fully saturated rings. The van der Waals surface area contributed by atoms with Crippen molar-refractivity contribution in [2.45, 2.75) is 211 Å². The highest BCUT2D eigenvalue weighted by molar-refractivity contribution is 6.62. The van der Waals surface area contributed by atoms with Crippen LogP contribution in [-0.2, 0) is 69.9 Å². The van der Waals surface area contributed by atoms with E-state index in [-0.39, 0.29) is 56.2 Å². The van der Waals surface area contributed by atoms with Gasteiger partial charge in [0.1, 0.15) is 17.8 Å². The van der Waals surface area contributed by atoms with Gasteiger partial charge in [0.2, 0.25) is 5.91 Å². The van der Waals surface area contributed by atoms with Gasteiger partial charge < -0.3 is 78.1 Å². The van der Waals surface area contributed by atoms with Gasteiger partial charge in [0, 0.05) is 57.6 Å². The number of aliphatic hydroxyl groups excluding tert-OH is 1. The van der Waals surface area contributed by atoms with E-state index in [4.69, 9.17) is 47.3 Å². The number of amides is 2. The summed E-state index contributed by atoms with van der Waals surface area (Å²) >= 11 is 0. The second kappa shape index (κ2) is 25.4. The standard InChI is InChI=1S/C53H87BN4O17/c1-15-38-53(10)45(74-50(63)75-53)33(6)58(13)27-29(2)25-51(8,64)44(72-48-42(60)37(57(11)12)24-30(3)68-48)31(4)43(32(5)47(61)70-38)71-40-26-52(9,66-14)46(34(7)69-40)73-49(62)56-23-17-22-55-39(59)21-20-35-18-16-19-36-28-67-54(65)41(35)36/h16,18-19,29-34,37-38,40,42-46,48,60,64-65H,15,17,20-28H2,1-14H3,(H,55,59)(H,56,62)/t29-,30-,31+,32-,33-,34+,37+,38-,40+,42-,43+,44-,45-,46+,48+,51-,52-,53-/m1/s1. The van der Waals surface area contributed by atoms with E-state index in [1.165, 1.54) is 7.11 Å². The Morgan fingerprint density at radius 3 is 2.36 bits per heavy atom. The van der Waals surface area contributed by atoms with Crippen molar-refractivity contribution in [2.24, 2.45) is 17.8 Å². The van der Waals surface area contributed by atoms with Crippen LogP contribution in [0.1, 0.15) is 119 Å². The maximum Gasteiger partial charge on any atom is 0.509 e. The van der Waals surface area contributed by atoms with Gasteiger partial charge in [-0.15, -0.1) is 0 Å². The van der Waals surface area contributed by atoms with Crippen molar-refractivity contribution in [1.82, 2.24) is 20.4 Å². The number of nitrogens with zero attached hydrogens (tertiary/aromatic N) is 2. The predicted octanol–water partition coefficient (Wildman–Crippen LogP) is 3.17. The molecule has 5 heterocycles. The van der Waals surface area contributed by atoms with E-state index >= 15 is 0 Å². The molecule has 0 spiro atoms. The third-order valence-corrected chi connectivity index (χ3v) is 16.4. The minimum Gasteiger partial charge on any atom is -0.458 e. The molecule has 0 bridgehead atoms. The highest BCUT2D eigenvalue weighted by Crippen LogP contribution is 2.42. The fourth-order valence-corrected chi connectivity index (χ4v) is 12.1. The first-order valence-corrected chi connectivity index (χ1v) is 26.9. The topological polar surface area (TPSA) is 252 Å². The summed E-state index contributed by atoms with van der Waals surface area (Å²) in [6, 6.07) is 4.95. The van der Waals surface area contributed by atoms with E-state index < -0.39 is 115 Å². The Labute approximate surface area is 443 Å². The monoisotopic (exact) mass is 1060 g/mol. The van der Waals surface area contributed by atoms with Crippen LogP contribution in [0.15, 0.2) is 18.2 Å². The summed E-state index contributed by atoms with van der Waals surface area (Å²) < 4.78 is 62.1. The van der Waals surface area contributed by atoms with Crippen LogP contribution in [0.4, 0.5) is 9.59 Å². The SMILES string of the molecule is CC[C@H]1OC(=O)[C@H](C)[C@@H](O[C@H]2C[C@@](C)(OC)[C@@H](OC(=O)NCCCNC(=O)CCc3cccc4c3B(O)OC4)[C@H](C)O2)[C@H](C)[C@@H](O[C@@H]2O[C@H](C)C[C@H](N(C)C)[C@H]2O)[C@](C)(O)C[C@@H](C)CN(C)[C@H](C)[C@H]2OC(=O)O[C@@]21C. The molecule has 2 amide bonds. The number of methoxy groups -OCH3 is 1. The second-order valence-corrected chi connectivity index (χ2v) is 22.7. The number of rotatable bonds is 15. The summed E-state index contributed by atoms with van der Waals surface area (Å²) in [7, 11) is 6.16. The average molecular weight is 1060 g/mol. The Morgan fingerprint density at radius 1 is 0.973 bits per heavy atom. The lowest BCUT2D eigenvalue weighted by Gasteiger charge is -2.49. The highest BCUT2D eigenvalue weighted by Gasteiger charge is 2.58. The Bertz CT molecular complexity index is 2110. The average Bonchev–Trinajstić information content (AvgIpc) is 3.89. The summed E-state index contributed by atoms with van der Waals surface area (Å²) in [5.74, 6) is -2.92. The van der Waals surface area contributed by atoms with Gasteiger partial charge in [0.15, 0.2) is 30.4 Å². The molecule has 0 aliphatic carbocycles. The van der Waals surface area contributed by atoms with Gasteiger partial charge in [-0.3, -0.25) is 14.5 Å². The Kier molecular flexibility index (Phi) is 20.5. The van der Waals surface area contributed by atoms with Gasteiger partial charge in [0.05, 0.1) is 42.5 Å². The summed E-state index contributed by atoms with van der Waals surface area (Å²) in [5.41, 5.74) is -1.66. The van der Waals surface area contributed by atoms with Crippen LogP contribution in [0, 0.1) is 17.8 Å². The molecule has 0 saturated carbocycles. The Balaban J connectivity index is 1.19. The maximum absolute atomic E-state index is 14.8. The first-order chi connectivity index (χ1) is 35.2. The zero-order chi connectivity index (χ0) is 55.3. The number of aliphatic hydroxyl groups is 2. The molecule has 75 heavy (non-hydrogen) atoms. The molecule has 5 aliphatic heterocycles. The van der Waals surface area contributed by atoms with Crippen LogP contribution in [0.5, 0.6) is 0 Å². The molecule has 21 nitrogen and oxygen atoms in total. The molecular weight excluding hydrogens is 975 g/mol. The summed E-state index contributed by atoms with van der Waals surface area (Å²) in [6.07, 6.45) is -8.79. The highest BCUT2D eigenvalue weighted by atomic mass is 16.8. The minimum atomic E-state index is -1.63. The zero-order valence-electron chi connectivity index (χ0n) is 46.7. The number of nitrogens with one attached hydrogen (secondary N) is 2. The number of carbonyl (C=O) groups excluding carboxylic acids is 4. The largest absolute Gasteiger partial charge is 0.509 e. The van der Waals surface area contributed by atoms with Crippen molar-refractivity contribution in [3.8, 4) is 0 Å². The van der Waals surface area contributed by atoms with Crippen molar-refractivity contribution in [3.05, 3.63) is 29.3 Å². The Hall–Kier alpha value is -3.68. The smallest absolute Gasteiger partial charge is 0.458 e. The molecule has 4 saturated heterocycles. The molecule has 5 aliphatic rings. The van der Waals surface area contributed by atoms with Gasteiger partial charge in [-0.2, -0.15) is 0 Å². The molecule has 1 aromatic rings. The number of esters is 1. The molecule has 0 unspecified atom stereocenters. The molecule has 0 radical (unpaired) electrons. The summed E-state index contributed by atoms with van der Waals surface area (Å²) in [5, 5.41) is 40.5. The van der Waals surface area contributed by atoms with Gasteiger partial charge in [-0.05, 0) is 124 Å². The van der Waals surface area contributed by atoms with Gasteiger partial charge in [0.25, 0.3) is 0 Å². The normalized spacial score (nSPS) is 39.1. The number of aryl methyl sites for hydroxylation is 1. The number of cyclic esters (lactones) is 1. The fourth-order valence-electron chi connectivity index (χ4n) is 12.1. The number of hydrogen-bond acceptors (Lipinski definition) is 19. The van der Waals surface area contributed by atoms with Crippen LogP contribution in [0.3, 0.4) is 0 Å². The number of benzene rings is 1. The van der Waals surface area contributed by atoms with E-state index in [1.54, 1.807) is 34.6 Å². The van der Waals surface area contributed by atoms with Crippen LogP contribution in [0.25, 0.3) is 0 Å². The number of hydrogen-bond donors (Lipinski definition) is 5. The van der Waals surface area contributed by atoms with Crippen molar-refractivity contribution in [3.63, 3.8) is 0 Å². The molecule has 5 N–H and O–H groups in total. The molecule has 1 aromatic carbocycles. The van der Waals surface area contributed by atoms with Crippen molar-refractivity contribution in [1.29, 1.82) is 0 Å². The zero-order valence-corrected chi connectivity index (χ0v) is 46.7. The van der Waals surface area contributed by atoms with Crippen LogP contribution in [0.2, 0.25) is 0 Å². The lowest BCUT2D eigenvalue weighted by atomic mass is 9.75. The molecule has 6 rings (SSSR count). The van der Waals surface area contributed by atoms with Crippen molar-refractivity contribution >= 4 is 36.7 Å². The number of carbonyl (C=O) groups is 4. The fraction of sp³-hybridized carbons (Fsp3) is 0.811. The van der Waals surface area contributed by atoms with E-state index in [2.05, 4.69) is 10.6 Å². The first kappa shape index (κ1) is 60.6. The minimum absolute atomic E-state index is 0.0286. The van der Waals surface area contributed by atoms with E-state index in [1.807, 2.05) is 83.8 Å². The van der Waals surface area contributed by atoms with Crippen molar-refractivity contribution < 1.29 is 81.7 Å². The third kappa shape index (κ3) is 14.1.